The van der Waals surface area contributed by atoms with E-state index in [0.29, 0.717) is 13.1 Å². The van der Waals surface area contributed by atoms with Crippen molar-refractivity contribution in [2.45, 2.75) is 6.92 Å². The maximum atomic E-state index is 12.4. The molecule has 0 atom stereocenters. The van der Waals surface area contributed by atoms with Crippen molar-refractivity contribution in [2.24, 2.45) is 0 Å². The Morgan fingerprint density at radius 3 is 2.48 bits per heavy atom. The highest BCUT2D eigenvalue weighted by atomic mass is 16.5. The van der Waals surface area contributed by atoms with Crippen molar-refractivity contribution in [1.82, 2.24) is 9.88 Å². The number of anilines is 1. The second-order valence-corrected chi connectivity index (χ2v) is 6.79. The number of amides is 1. The molecule has 1 saturated heterocycles. The summed E-state index contributed by atoms with van der Waals surface area (Å²) in [7, 11) is 0. The zero-order valence-electron chi connectivity index (χ0n) is 15.5. The molecule has 0 unspecified atom stereocenters. The van der Waals surface area contributed by atoms with Crippen molar-refractivity contribution in [3.8, 4) is 5.75 Å². The minimum atomic E-state index is 0.0293. The second kappa shape index (κ2) is 7.66. The van der Waals surface area contributed by atoms with Crippen LogP contribution in [0, 0.1) is 6.92 Å². The quantitative estimate of drug-likeness (QED) is 0.715. The van der Waals surface area contributed by atoms with Crippen LogP contribution in [0.15, 0.2) is 60.7 Å². The number of nitrogens with zero attached hydrogens (tertiary/aromatic N) is 3. The molecule has 2 aromatic carbocycles. The average molecular weight is 361 g/mol. The van der Waals surface area contributed by atoms with Crippen LogP contribution in [0.2, 0.25) is 0 Å². The molecule has 0 bridgehead atoms. The molecule has 138 valence electrons. The summed E-state index contributed by atoms with van der Waals surface area (Å²) < 4.78 is 5.58. The van der Waals surface area contributed by atoms with Gasteiger partial charge in [0.1, 0.15) is 11.6 Å². The monoisotopic (exact) mass is 361 g/mol. The van der Waals surface area contributed by atoms with Gasteiger partial charge in [0.05, 0.1) is 5.52 Å². The summed E-state index contributed by atoms with van der Waals surface area (Å²) in [6.07, 6.45) is 0. The van der Waals surface area contributed by atoms with E-state index in [0.717, 1.165) is 35.6 Å². The first-order valence-electron chi connectivity index (χ1n) is 9.28. The number of pyridine rings is 1. The number of benzene rings is 2. The lowest BCUT2D eigenvalue weighted by Crippen LogP contribution is -2.50. The number of aryl methyl sites for hydroxylation is 1. The smallest absolute Gasteiger partial charge is 0.260 e. The molecule has 0 radical (unpaired) electrons. The van der Waals surface area contributed by atoms with Crippen molar-refractivity contribution in [3.05, 3.63) is 66.2 Å². The molecule has 0 aliphatic carbocycles. The van der Waals surface area contributed by atoms with Gasteiger partial charge in [0.2, 0.25) is 0 Å². The Bertz CT molecular complexity index is 935. The maximum Gasteiger partial charge on any atom is 0.260 e. The number of ether oxygens (including phenoxy) is 1. The zero-order chi connectivity index (χ0) is 18.6. The van der Waals surface area contributed by atoms with Crippen molar-refractivity contribution in [3.63, 3.8) is 0 Å². The number of para-hydroxylation sites is 2. The molecule has 0 saturated carbocycles. The number of rotatable bonds is 4. The molecule has 4 rings (SSSR count). The highest BCUT2D eigenvalue weighted by molar-refractivity contribution is 5.82. The summed E-state index contributed by atoms with van der Waals surface area (Å²) in [5.74, 6) is 1.77. The van der Waals surface area contributed by atoms with Gasteiger partial charge in [-0.1, -0.05) is 36.4 Å². The van der Waals surface area contributed by atoms with E-state index in [1.807, 2.05) is 53.4 Å². The SMILES string of the molecule is Cc1cc2ccccc2nc1N1CCN(C(=O)COc2ccccc2)CC1. The third kappa shape index (κ3) is 3.87. The molecule has 1 fully saturated rings. The fraction of sp³-hybridized carbons (Fsp3) is 0.273. The van der Waals surface area contributed by atoms with E-state index in [4.69, 9.17) is 9.72 Å². The summed E-state index contributed by atoms with van der Waals surface area (Å²) in [4.78, 5) is 21.4. The van der Waals surface area contributed by atoms with Gasteiger partial charge in [0, 0.05) is 31.6 Å². The van der Waals surface area contributed by atoms with Gasteiger partial charge in [0.25, 0.3) is 5.91 Å². The van der Waals surface area contributed by atoms with Crippen LogP contribution in [0.25, 0.3) is 10.9 Å². The normalized spacial score (nSPS) is 14.4. The molecule has 0 spiro atoms. The van der Waals surface area contributed by atoms with Crippen molar-refractivity contribution in [1.29, 1.82) is 0 Å². The summed E-state index contributed by atoms with van der Waals surface area (Å²) in [5, 5.41) is 1.16. The fourth-order valence-corrected chi connectivity index (χ4v) is 3.45. The van der Waals surface area contributed by atoms with Crippen molar-refractivity contribution in [2.75, 3.05) is 37.7 Å². The molecule has 2 heterocycles. The Kier molecular flexibility index (Phi) is 4.92. The van der Waals surface area contributed by atoms with Gasteiger partial charge < -0.3 is 14.5 Å². The predicted octanol–water partition coefficient (Wildman–Crippen LogP) is 3.27. The standard InChI is InChI=1S/C22H23N3O2/c1-17-15-18-7-5-6-10-20(18)23-22(17)25-13-11-24(12-14-25)21(26)16-27-19-8-3-2-4-9-19/h2-10,15H,11-14,16H2,1H3. The molecule has 1 aromatic heterocycles. The second-order valence-electron chi connectivity index (χ2n) is 6.79. The van der Waals surface area contributed by atoms with Crippen LogP contribution in [-0.4, -0.2) is 48.6 Å². The summed E-state index contributed by atoms with van der Waals surface area (Å²) in [5.41, 5.74) is 2.17. The molecule has 5 heteroatoms. The lowest BCUT2D eigenvalue weighted by Gasteiger charge is -2.36. The van der Waals surface area contributed by atoms with E-state index in [1.165, 1.54) is 5.56 Å². The Labute approximate surface area is 159 Å². The molecular weight excluding hydrogens is 338 g/mol. The number of carbonyl (C=O) groups excluding carboxylic acids is 1. The van der Waals surface area contributed by atoms with Crippen LogP contribution in [0.1, 0.15) is 5.56 Å². The molecular formula is C22H23N3O2. The van der Waals surface area contributed by atoms with Gasteiger partial charge in [-0.05, 0) is 36.8 Å². The van der Waals surface area contributed by atoms with Gasteiger partial charge in [-0.25, -0.2) is 4.98 Å². The molecule has 1 aliphatic heterocycles. The number of carbonyl (C=O) groups is 1. The number of hydrogen-bond acceptors (Lipinski definition) is 4. The summed E-state index contributed by atoms with van der Waals surface area (Å²) >= 11 is 0. The third-order valence-electron chi connectivity index (χ3n) is 4.93. The van der Waals surface area contributed by atoms with Gasteiger partial charge in [-0.15, -0.1) is 0 Å². The predicted molar refractivity (Wildman–Crippen MR) is 107 cm³/mol. The molecule has 0 N–H and O–H groups in total. The van der Waals surface area contributed by atoms with Crippen molar-refractivity contribution < 1.29 is 9.53 Å². The first kappa shape index (κ1) is 17.3. The van der Waals surface area contributed by atoms with Crippen LogP contribution < -0.4 is 9.64 Å². The van der Waals surface area contributed by atoms with Gasteiger partial charge in [-0.2, -0.15) is 0 Å². The molecule has 27 heavy (non-hydrogen) atoms. The Morgan fingerprint density at radius 1 is 1.00 bits per heavy atom. The van der Waals surface area contributed by atoms with Gasteiger partial charge in [0.15, 0.2) is 6.61 Å². The van der Waals surface area contributed by atoms with Crippen LogP contribution in [0.3, 0.4) is 0 Å². The topological polar surface area (TPSA) is 45.7 Å². The first-order valence-corrected chi connectivity index (χ1v) is 9.28. The lowest BCUT2D eigenvalue weighted by molar-refractivity contribution is -0.133. The van der Waals surface area contributed by atoms with E-state index < -0.39 is 0 Å². The zero-order valence-corrected chi connectivity index (χ0v) is 15.5. The van der Waals surface area contributed by atoms with E-state index in [-0.39, 0.29) is 12.5 Å². The van der Waals surface area contributed by atoms with Crippen LogP contribution in [0.5, 0.6) is 5.75 Å². The molecule has 1 aliphatic rings. The van der Waals surface area contributed by atoms with E-state index >= 15 is 0 Å². The minimum Gasteiger partial charge on any atom is -0.484 e. The van der Waals surface area contributed by atoms with E-state index in [2.05, 4.69) is 24.0 Å². The van der Waals surface area contributed by atoms with E-state index in [9.17, 15) is 4.79 Å². The highest BCUT2D eigenvalue weighted by Gasteiger charge is 2.23. The maximum absolute atomic E-state index is 12.4. The number of fused-ring (bicyclic) bond motifs is 1. The molecule has 1 amide bonds. The van der Waals surface area contributed by atoms with E-state index in [1.54, 1.807) is 0 Å². The Balaban J connectivity index is 1.37. The van der Waals surface area contributed by atoms with Crippen LogP contribution in [-0.2, 0) is 4.79 Å². The number of hydrogen-bond donors (Lipinski definition) is 0. The molecule has 3 aromatic rings. The van der Waals surface area contributed by atoms with Gasteiger partial charge in [-0.3, -0.25) is 4.79 Å². The fourth-order valence-electron chi connectivity index (χ4n) is 3.45. The summed E-state index contributed by atoms with van der Waals surface area (Å²) in [6.45, 7) is 5.11. The number of piperazine rings is 1. The third-order valence-corrected chi connectivity index (χ3v) is 4.93. The van der Waals surface area contributed by atoms with Crippen molar-refractivity contribution >= 4 is 22.6 Å². The molecule has 5 nitrogen and oxygen atoms in total. The largest absolute Gasteiger partial charge is 0.484 e. The van der Waals surface area contributed by atoms with Gasteiger partial charge >= 0.3 is 0 Å². The Hall–Kier alpha value is -3.08. The number of aromatic nitrogens is 1. The minimum absolute atomic E-state index is 0.0293. The van der Waals surface area contributed by atoms with Crippen LogP contribution in [0.4, 0.5) is 5.82 Å². The highest BCUT2D eigenvalue weighted by Crippen LogP contribution is 2.24. The Morgan fingerprint density at radius 2 is 1.70 bits per heavy atom. The van der Waals surface area contributed by atoms with Crippen LogP contribution >= 0.6 is 0 Å². The first-order chi connectivity index (χ1) is 13.2. The lowest BCUT2D eigenvalue weighted by atomic mass is 10.1. The summed E-state index contributed by atoms with van der Waals surface area (Å²) in [6, 6.07) is 19.8. The average Bonchev–Trinajstić information content (AvgIpc) is 2.72.